The molecule has 1 aromatic carbocycles. The normalized spacial score (nSPS) is 21.2. The van der Waals surface area contributed by atoms with Crippen LogP contribution in [0.4, 0.5) is 24.5 Å². The maximum Gasteiger partial charge on any atom is 0.274 e. The number of hydrogen-bond acceptors (Lipinski definition) is 7. The van der Waals surface area contributed by atoms with Crippen molar-refractivity contribution >= 4 is 17.3 Å². The van der Waals surface area contributed by atoms with Crippen LogP contribution in [-0.4, -0.2) is 52.8 Å². The van der Waals surface area contributed by atoms with Gasteiger partial charge in [-0.2, -0.15) is 0 Å². The van der Waals surface area contributed by atoms with E-state index in [0.717, 1.165) is 35.9 Å². The molecule has 2 aliphatic heterocycles. The van der Waals surface area contributed by atoms with Gasteiger partial charge in [0.2, 0.25) is 5.88 Å². The lowest BCUT2D eigenvalue weighted by molar-refractivity contribution is 0.0785. The Morgan fingerprint density at radius 1 is 1.17 bits per heavy atom. The molecule has 2 aliphatic rings. The van der Waals surface area contributed by atoms with E-state index in [0.29, 0.717) is 43.4 Å². The number of carbonyl (C=O) groups excluding carboxylic acids is 1. The molecular weight excluding hydrogens is 475 g/mol. The molecule has 0 saturated carbocycles. The van der Waals surface area contributed by atoms with Gasteiger partial charge in [0, 0.05) is 37.0 Å². The third kappa shape index (κ3) is 4.24. The number of nitrogens with zero attached hydrogens (tertiary/aromatic N) is 3. The summed E-state index contributed by atoms with van der Waals surface area (Å²) in [6.07, 6.45) is 1.35. The van der Waals surface area contributed by atoms with E-state index in [1.165, 1.54) is 6.20 Å². The smallest absolute Gasteiger partial charge is 0.274 e. The molecule has 0 unspecified atom stereocenters. The van der Waals surface area contributed by atoms with Crippen molar-refractivity contribution in [3.63, 3.8) is 0 Å². The molecule has 11 heteroatoms. The number of piperidine rings is 1. The Hall–Kier alpha value is -3.70. The Labute approximate surface area is 204 Å². The van der Waals surface area contributed by atoms with Gasteiger partial charge in [-0.25, -0.2) is 23.1 Å². The average Bonchev–Trinajstić information content (AvgIpc) is 3.32. The fourth-order valence-corrected chi connectivity index (χ4v) is 4.73. The second kappa shape index (κ2) is 9.40. The molecule has 3 aromatic rings. The SMILES string of the molecule is C[C@H]1CN(c2c(NC(=O)c3ccc(F)c(-c4c(F)cccc4F)n3)cnc3c2CCO3)C[C@@H](N)[C@@H]1O. The Kier molecular flexibility index (Phi) is 6.27. The lowest BCUT2D eigenvalue weighted by atomic mass is 9.92. The number of anilines is 2. The van der Waals surface area contributed by atoms with E-state index in [-0.39, 0.29) is 11.6 Å². The number of fused-ring (bicyclic) bond motifs is 1. The molecule has 188 valence electrons. The zero-order valence-corrected chi connectivity index (χ0v) is 19.3. The van der Waals surface area contributed by atoms with Crippen LogP contribution in [0.1, 0.15) is 23.0 Å². The number of aliphatic hydroxyl groups is 1. The second-order valence-corrected chi connectivity index (χ2v) is 9.02. The minimum absolute atomic E-state index is 0.125. The molecule has 0 aliphatic carbocycles. The standard InChI is InChI=1S/C25H24F3N5O3/c1-12-10-33(11-17(29)23(12)34)22-13-7-8-36-25(13)30-9-19(22)32-24(35)18-6-5-16(28)21(31-18)20-14(26)3-2-4-15(20)27/h2-6,9,12,17,23,34H,7-8,10-11,29H2,1H3,(H,32,35)/t12-,17+,23+/m0/s1. The van der Waals surface area contributed by atoms with Crippen molar-refractivity contribution in [3.8, 4) is 17.1 Å². The molecule has 1 fully saturated rings. The van der Waals surface area contributed by atoms with Crippen LogP contribution in [0.5, 0.6) is 5.88 Å². The van der Waals surface area contributed by atoms with E-state index in [1.807, 2.05) is 11.8 Å². The van der Waals surface area contributed by atoms with Crippen molar-refractivity contribution in [1.29, 1.82) is 0 Å². The van der Waals surface area contributed by atoms with Gasteiger partial charge in [-0.05, 0) is 24.3 Å². The van der Waals surface area contributed by atoms with Crippen LogP contribution in [0.3, 0.4) is 0 Å². The van der Waals surface area contributed by atoms with Crippen LogP contribution in [0.15, 0.2) is 36.5 Å². The van der Waals surface area contributed by atoms with Crippen molar-refractivity contribution in [1.82, 2.24) is 9.97 Å². The van der Waals surface area contributed by atoms with Gasteiger partial charge >= 0.3 is 0 Å². The number of carbonyl (C=O) groups is 1. The number of ether oxygens (including phenoxy) is 1. The Morgan fingerprint density at radius 3 is 2.64 bits per heavy atom. The Bertz CT molecular complexity index is 1310. The minimum atomic E-state index is -0.998. The highest BCUT2D eigenvalue weighted by Gasteiger charge is 2.35. The number of aliphatic hydroxyl groups excluding tert-OH is 1. The van der Waals surface area contributed by atoms with E-state index < -0.39 is 46.8 Å². The first-order chi connectivity index (χ1) is 17.2. The monoisotopic (exact) mass is 499 g/mol. The van der Waals surface area contributed by atoms with Crippen LogP contribution in [0, 0.1) is 23.4 Å². The highest BCUT2D eigenvalue weighted by molar-refractivity contribution is 6.05. The number of aromatic nitrogens is 2. The molecule has 8 nitrogen and oxygen atoms in total. The zero-order valence-electron chi connectivity index (χ0n) is 19.3. The third-order valence-electron chi connectivity index (χ3n) is 6.50. The highest BCUT2D eigenvalue weighted by Crippen LogP contribution is 2.40. The van der Waals surface area contributed by atoms with E-state index in [4.69, 9.17) is 10.5 Å². The highest BCUT2D eigenvalue weighted by atomic mass is 19.1. The molecule has 3 atom stereocenters. The first-order valence-electron chi connectivity index (χ1n) is 11.5. The van der Waals surface area contributed by atoms with Crippen molar-refractivity contribution in [2.24, 2.45) is 11.7 Å². The van der Waals surface area contributed by atoms with Gasteiger partial charge in [0.25, 0.3) is 5.91 Å². The number of amides is 1. The number of benzene rings is 1. The summed E-state index contributed by atoms with van der Waals surface area (Å²) in [6.45, 7) is 3.15. The predicted molar refractivity (Wildman–Crippen MR) is 126 cm³/mol. The van der Waals surface area contributed by atoms with Gasteiger partial charge in [-0.3, -0.25) is 4.79 Å². The molecule has 4 heterocycles. The van der Waals surface area contributed by atoms with Crippen LogP contribution < -0.4 is 20.7 Å². The van der Waals surface area contributed by atoms with Gasteiger partial charge < -0.3 is 25.8 Å². The van der Waals surface area contributed by atoms with Crippen molar-refractivity contribution in [2.45, 2.75) is 25.5 Å². The predicted octanol–water partition coefficient (Wildman–Crippen LogP) is 2.89. The van der Waals surface area contributed by atoms with Crippen LogP contribution in [0.2, 0.25) is 0 Å². The summed E-state index contributed by atoms with van der Waals surface area (Å²) in [5.41, 5.74) is 6.48. The second-order valence-electron chi connectivity index (χ2n) is 9.02. The quantitative estimate of drug-likeness (QED) is 0.506. The molecule has 0 bridgehead atoms. The van der Waals surface area contributed by atoms with Gasteiger partial charge in [0.05, 0.1) is 35.8 Å². The average molecular weight is 499 g/mol. The van der Waals surface area contributed by atoms with Gasteiger partial charge in [-0.1, -0.05) is 13.0 Å². The van der Waals surface area contributed by atoms with E-state index >= 15 is 0 Å². The molecule has 0 spiro atoms. The fourth-order valence-electron chi connectivity index (χ4n) is 4.73. The number of rotatable bonds is 4. The molecule has 4 N–H and O–H groups in total. The van der Waals surface area contributed by atoms with Crippen LogP contribution >= 0.6 is 0 Å². The summed E-state index contributed by atoms with van der Waals surface area (Å²) in [5, 5.41) is 13.0. The lowest BCUT2D eigenvalue weighted by Gasteiger charge is -2.41. The minimum Gasteiger partial charge on any atom is -0.477 e. The molecular formula is C25H24F3N5O3. The van der Waals surface area contributed by atoms with Crippen molar-refractivity contribution in [2.75, 3.05) is 29.9 Å². The lowest BCUT2D eigenvalue weighted by Crippen LogP contribution is -2.56. The summed E-state index contributed by atoms with van der Waals surface area (Å²) < 4.78 is 48.6. The van der Waals surface area contributed by atoms with Gasteiger partial charge in [-0.15, -0.1) is 0 Å². The van der Waals surface area contributed by atoms with E-state index in [9.17, 15) is 23.1 Å². The zero-order chi connectivity index (χ0) is 25.6. The summed E-state index contributed by atoms with van der Waals surface area (Å²) in [5.74, 6) is -3.36. The summed E-state index contributed by atoms with van der Waals surface area (Å²) in [4.78, 5) is 23.4. The van der Waals surface area contributed by atoms with Gasteiger partial charge in [0.15, 0.2) is 0 Å². The molecule has 2 aromatic heterocycles. The van der Waals surface area contributed by atoms with Crippen molar-refractivity contribution < 1.29 is 27.8 Å². The molecule has 1 saturated heterocycles. The first kappa shape index (κ1) is 24.0. The topological polar surface area (TPSA) is 114 Å². The largest absolute Gasteiger partial charge is 0.477 e. The Morgan fingerprint density at radius 2 is 1.92 bits per heavy atom. The van der Waals surface area contributed by atoms with Crippen molar-refractivity contribution in [3.05, 3.63) is 65.2 Å². The molecule has 1 amide bonds. The Balaban J connectivity index is 1.50. The summed E-state index contributed by atoms with van der Waals surface area (Å²) >= 11 is 0. The van der Waals surface area contributed by atoms with Crippen LogP contribution in [-0.2, 0) is 6.42 Å². The van der Waals surface area contributed by atoms with E-state index in [2.05, 4.69) is 15.3 Å². The fraction of sp³-hybridized carbons (Fsp3) is 0.320. The summed E-state index contributed by atoms with van der Waals surface area (Å²) in [7, 11) is 0. The number of nitrogens with one attached hydrogen (secondary N) is 1. The van der Waals surface area contributed by atoms with E-state index in [1.54, 1.807) is 0 Å². The number of hydrogen-bond donors (Lipinski definition) is 3. The molecule has 5 rings (SSSR count). The molecule has 0 radical (unpaired) electrons. The maximum absolute atomic E-state index is 14.5. The van der Waals surface area contributed by atoms with Crippen LogP contribution in [0.25, 0.3) is 11.3 Å². The number of pyridine rings is 2. The first-order valence-corrected chi connectivity index (χ1v) is 11.5. The maximum atomic E-state index is 14.5. The summed E-state index contributed by atoms with van der Waals surface area (Å²) in [6, 6.07) is 4.69. The molecule has 36 heavy (non-hydrogen) atoms. The third-order valence-corrected chi connectivity index (χ3v) is 6.50. The number of halogens is 3. The van der Waals surface area contributed by atoms with Gasteiger partial charge in [0.1, 0.15) is 28.8 Å². The number of nitrogens with two attached hydrogens (primary N) is 1.